The van der Waals surface area contributed by atoms with E-state index in [2.05, 4.69) is 50.8 Å². The van der Waals surface area contributed by atoms with Crippen LogP contribution in [0.15, 0.2) is 78.9 Å². The van der Waals surface area contributed by atoms with Gasteiger partial charge in [-0.3, -0.25) is 20.5 Å². The van der Waals surface area contributed by atoms with Gasteiger partial charge in [0.2, 0.25) is 5.88 Å². The normalized spacial score (nSPS) is 24.1. The molecule has 276 valence electrons. The van der Waals surface area contributed by atoms with Crippen LogP contribution in [0.1, 0.15) is 72.0 Å². The van der Waals surface area contributed by atoms with Gasteiger partial charge in [0.15, 0.2) is 0 Å². The lowest BCUT2D eigenvalue weighted by Crippen LogP contribution is -2.44. The van der Waals surface area contributed by atoms with E-state index in [9.17, 15) is 10.1 Å². The fraction of sp³-hybridized carbons (Fsp3) is 0.395. The smallest absolute Gasteiger partial charge is 0.251 e. The summed E-state index contributed by atoms with van der Waals surface area (Å²) in [5.41, 5.74) is 13.1. The number of fused-ring (bicyclic) bond motifs is 3. The molecular weight excluding hydrogens is 677 g/mol. The number of nitrogens with one attached hydrogen (secondary N) is 3. The lowest BCUT2D eigenvalue weighted by molar-refractivity contribution is -0.0591. The van der Waals surface area contributed by atoms with Gasteiger partial charge in [0.05, 0.1) is 47.6 Å². The zero-order valence-corrected chi connectivity index (χ0v) is 30.6. The number of carbonyl (C=O) groups is 1. The van der Waals surface area contributed by atoms with E-state index in [0.717, 1.165) is 97.2 Å². The van der Waals surface area contributed by atoms with Gasteiger partial charge in [0.1, 0.15) is 12.4 Å². The quantitative estimate of drug-likeness (QED) is 0.162. The highest BCUT2D eigenvalue weighted by Gasteiger charge is 2.38. The van der Waals surface area contributed by atoms with Crippen molar-refractivity contribution in [1.29, 1.82) is 5.26 Å². The van der Waals surface area contributed by atoms with E-state index in [1.54, 1.807) is 0 Å². The third kappa shape index (κ3) is 6.98. The lowest BCUT2D eigenvalue weighted by Gasteiger charge is -2.32. The van der Waals surface area contributed by atoms with Crippen molar-refractivity contribution >= 4 is 33.3 Å². The molecule has 0 bridgehead atoms. The Kier molecular flexibility index (Phi) is 9.59. The molecule has 5 heterocycles. The van der Waals surface area contributed by atoms with Gasteiger partial charge < -0.3 is 19.4 Å². The number of ether oxygens (including phenoxy) is 2. The predicted molar refractivity (Wildman–Crippen MR) is 207 cm³/mol. The van der Waals surface area contributed by atoms with E-state index < -0.39 is 0 Å². The van der Waals surface area contributed by atoms with E-state index in [4.69, 9.17) is 19.4 Å². The molecule has 0 radical (unpaired) electrons. The predicted octanol–water partition coefficient (Wildman–Crippen LogP) is 5.88. The first-order valence-corrected chi connectivity index (χ1v) is 19.3. The summed E-state index contributed by atoms with van der Waals surface area (Å²) in [5, 5.41) is 14.8. The fourth-order valence-electron chi connectivity index (χ4n) is 8.66. The maximum Gasteiger partial charge on any atom is 0.251 e. The highest BCUT2D eigenvalue weighted by Crippen LogP contribution is 2.31. The molecule has 1 amide bonds. The van der Waals surface area contributed by atoms with Crippen molar-refractivity contribution in [3.8, 4) is 11.9 Å². The van der Waals surface area contributed by atoms with Gasteiger partial charge in [-0.2, -0.15) is 5.26 Å². The molecule has 3 fully saturated rings. The Bertz CT molecular complexity index is 2270. The van der Waals surface area contributed by atoms with Crippen LogP contribution in [0.4, 0.5) is 0 Å². The number of hydrazine groups is 1. The van der Waals surface area contributed by atoms with Crippen LogP contribution < -0.4 is 20.9 Å². The molecule has 11 nitrogen and oxygen atoms in total. The average Bonchev–Trinajstić information content (AvgIpc) is 3.73. The van der Waals surface area contributed by atoms with Crippen molar-refractivity contribution < 1.29 is 14.3 Å². The maximum absolute atomic E-state index is 13.5. The van der Waals surface area contributed by atoms with E-state index in [0.29, 0.717) is 48.2 Å². The number of hydrogen-bond donors (Lipinski definition) is 3. The highest BCUT2D eigenvalue weighted by molar-refractivity contribution is 5.97. The Morgan fingerprint density at radius 1 is 1.04 bits per heavy atom. The Labute approximate surface area is 315 Å². The van der Waals surface area contributed by atoms with Gasteiger partial charge in [-0.15, -0.1) is 0 Å². The first kappa shape index (κ1) is 34.6. The van der Waals surface area contributed by atoms with Crippen LogP contribution in [0.2, 0.25) is 0 Å². The molecule has 2 aromatic heterocycles. The minimum Gasteiger partial charge on any atom is -0.473 e. The van der Waals surface area contributed by atoms with E-state index in [1.807, 2.05) is 66.7 Å². The fourth-order valence-corrected chi connectivity index (χ4v) is 8.66. The number of nitrogens with zero attached hydrogens (tertiary/aromatic N) is 5. The number of imidazole rings is 1. The van der Waals surface area contributed by atoms with E-state index in [-0.39, 0.29) is 18.1 Å². The van der Waals surface area contributed by atoms with Crippen LogP contribution in [-0.2, 0) is 24.4 Å². The Hall–Kier alpha value is -5.12. The summed E-state index contributed by atoms with van der Waals surface area (Å²) in [5.74, 6) is 2.08. The number of nitriles is 1. The number of benzene rings is 3. The summed E-state index contributed by atoms with van der Waals surface area (Å²) in [7, 11) is 0. The number of aromatic nitrogens is 3. The lowest BCUT2D eigenvalue weighted by atomic mass is 9.79. The van der Waals surface area contributed by atoms with Crippen molar-refractivity contribution in [1.82, 2.24) is 35.6 Å². The third-order valence-electron chi connectivity index (χ3n) is 11.9. The average molecular weight is 723 g/mol. The second-order valence-electron chi connectivity index (χ2n) is 15.2. The van der Waals surface area contributed by atoms with Gasteiger partial charge >= 0.3 is 0 Å². The van der Waals surface area contributed by atoms with E-state index >= 15 is 0 Å². The van der Waals surface area contributed by atoms with Crippen molar-refractivity contribution in [2.45, 2.75) is 83.0 Å². The second-order valence-corrected chi connectivity index (χ2v) is 15.2. The maximum atomic E-state index is 13.5. The molecule has 2 saturated heterocycles. The number of hydrogen-bond acceptors (Lipinski definition) is 9. The van der Waals surface area contributed by atoms with E-state index in [1.165, 1.54) is 5.57 Å². The molecule has 3 N–H and O–H groups in total. The van der Waals surface area contributed by atoms with Gasteiger partial charge in [-0.1, -0.05) is 42.5 Å². The van der Waals surface area contributed by atoms with Gasteiger partial charge in [0, 0.05) is 49.5 Å². The highest BCUT2D eigenvalue weighted by atomic mass is 16.5. The second kappa shape index (κ2) is 15.0. The summed E-state index contributed by atoms with van der Waals surface area (Å²) in [6.07, 6.45) is 7.38. The molecule has 3 aromatic carbocycles. The molecule has 0 spiro atoms. The molecular formula is C43H46N8O3. The third-order valence-corrected chi connectivity index (χ3v) is 11.9. The van der Waals surface area contributed by atoms with Crippen LogP contribution in [0.5, 0.6) is 5.88 Å². The standard InChI is InChI=1S/C43H46N8O3/c1-27-36-22-32(12-13-38(36)49-48-27)45-43(52)29-11-14-40-39(21-29)46-41(51(40)24-33-17-20-53-33)25-50-18-15-28(16-19-50)37-7-4-8-42(47-37)54-26-31-10-9-30(23-44)34-5-2-3-6-35(31)34/h2-11,14-15,21,27,32-33,36,38,48-49H,12-13,16-20,22,24-26H2,1H3,(H,45,52)/t27?,32?,33-,36?,38?/m0/s1. The largest absolute Gasteiger partial charge is 0.473 e. The molecule has 4 unspecified atom stereocenters. The topological polar surface area (TPSA) is 129 Å². The van der Waals surface area contributed by atoms with Crippen molar-refractivity contribution in [3.63, 3.8) is 0 Å². The molecule has 9 rings (SSSR count). The zero-order valence-electron chi connectivity index (χ0n) is 30.6. The van der Waals surface area contributed by atoms with Crippen LogP contribution in [0, 0.1) is 17.2 Å². The minimum absolute atomic E-state index is 0.0233. The minimum atomic E-state index is -0.0233. The zero-order chi connectivity index (χ0) is 36.6. The van der Waals surface area contributed by atoms with Gasteiger partial charge in [-0.05, 0) is 97.2 Å². The molecule has 5 aromatic rings. The monoisotopic (exact) mass is 722 g/mol. The summed E-state index contributed by atoms with van der Waals surface area (Å²) in [4.78, 5) is 25.9. The van der Waals surface area contributed by atoms with Crippen LogP contribution in [-0.4, -0.2) is 69.3 Å². The van der Waals surface area contributed by atoms with Crippen LogP contribution >= 0.6 is 0 Å². The Balaban J connectivity index is 0.870. The Morgan fingerprint density at radius 2 is 1.93 bits per heavy atom. The molecule has 4 aliphatic rings. The molecule has 5 atom stereocenters. The molecule has 54 heavy (non-hydrogen) atoms. The SMILES string of the molecule is CC1NNC2CCC(NC(=O)c3ccc4c(c3)nc(CN3CC=C(c5cccc(OCc6ccc(C#N)c7ccccc67)n5)CC3)n4C[C@@H]3CCO3)CC12. The molecule has 1 aliphatic carbocycles. The number of carbonyl (C=O) groups excluding carboxylic acids is 1. The molecule has 1 saturated carbocycles. The summed E-state index contributed by atoms with van der Waals surface area (Å²) in [6, 6.07) is 27.0. The molecule has 11 heteroatoms. The van der Waals surface area contributed by atoms with Crippen molar-refractivity contribution in [2.75, 3.05) is 19.7 Å². The van der Waals surface area contributed by atoms with Crippen molar-refractivity contribution in [2.24, 2.45) is 5.92 Å². The van der Waals surface area contributed by atoms with Crippen molar-refractivity contribution in [3.05, 3.63) is 107 Å². The first-order valence-electron chi connectivity index (χ1n) is 19.3. The van der Waals surface area contributed by atoms with Crippen LogP contribution in [0.25, 0.3) is 27.4 Å². The first-order chi connectivity index (χ1) is 26.5. The number of amides is 1. The number of rotatable bonds is 10. The van der Waals surface area contributed by atoms with Crippen LogP contribution in [0.3, 0.4) is 0 Å². The Morgan fingerprint density at radius 3 is 2.74 bits per heavy atom. The summed E-state index contributed by atoms with van der Waals surface area (Å²) >= 11 is 0. The van der Waals surface area contributed by atoms with Gasteiger partial charge in [-0.25, -0.2) is 9.97 Å². The number of pyridine rings is 1. The molecule has 3 aliphatic heterocycles. The summed E-state index contributed by atoms with van der Waals surface area (Å²) < 4.78 is 14.3. The summed E-state index contributed by atoms with van der Waals surface area (Å²) in [6.45, 7) is 6.50. The van der Waals surface area contributed by atoms with Gasteiger partial charge in [0.25, 0.3) is 5.91 Å².